The van der Waals surface area contributed by atoms with E-state index in [9.17, 15) is 10.1 Å². The lowest BCUT2D eigenvalue weighted by Crippen LogP contribution is -2.03. The van der Waals surface area contributed by atoms with Crippen molar-refractivity contribution in [1.82, 2.24) is 0 Å². The topological polar surface area (TPSA) is 52.4 Å². The predicted molar refractivity (Wildman–Crippen MR) is 67.6 cm³/mol. The highest BCUT2D eigenvalue weighted by Gasteiger charge is 2.11. The van der Waals surface area contributed by atoms with E-state index < -0.39 is 4.92 Å². The number of ether oxygens (including phenoxy) is 1. The van der Waals surface area contributed by atoms with Gasteiger partial charge in [-0.05, 0) is 18.4 Å². The van der Waals surface area contributed by atoms with Crippen LogP contribution < -0.4 is 4.74 Å². The Morgan fingerprint density at radius 2 is 2.18 bits per heavy atom. The standard InChI is InChI=1S/C12H16ClNO3/c1-9(2)5-6-17-12-4-3-11(14(15)16)7-10(12)8-13/h3-4,7,9H,5-6,8H2,1-2H3. The number of hydrogen-bond donors (Lipinski definition) is 0. The second-order valence-corrected chi connectivity index (χ2v) is 4.48. The monoisotopic (exact) mass is 257 g/mol. The van der Waals surface area contributed by atoms with E-state index in [0.29, 0.717) is 23.8 Å². The van der Waals surface area contributed by atoms with Gasteiger partial charge in [-0.25, -0.2) is 0 Å². The molecular formula is C12H16ClNO3. The number of nitrogens with zero attached hydrogens (tertiary/aromatic N) is 1. The lowest BCUT2D eigenvalue weighted by Gasteiger charge is -2.10. The van der Waals surface area contributed by atoms with Gasteiger partial charge in [-0.3, -0.25) is 10.1 Å². The molecule has 17 heavy (non-hydrogen) atoms. The first-order valence-electron chi connectivity index (χ1n) is 5.50. The minimum atomic E-state index is -0.437. The van der Waals surface area contributed by atoms with Crippen LogP contribution in [0.3, 0.4) is 0 Å². The summed E-state index contributed by atoms with van der Waals surface area (Å²) in [4.78, 5) is 10.2. The van der Waals surface area contributed by atoms with Crippen LogP contribution in [0.25, 0.3) is 0 Å². The number of benzene rings is 1. The summed E-state index contributed by atoms with van der Waals surface area (Å²) in [7, 11) is 0. The number of non-ortho nitro benzene ring substituents is 1. The van der Waals surface area contributed by atoms with Crippen LogP contribution in [-0.4, -0.2) is 11.5 Å². The fraction of sp³-hybridized carbons (Fsp3) is 0.500. The Morgan fingerprint density at radius 1 is 1.47 bits per heavy atom. The molecule has 1 aromatic carbocycles. The minimum absolute atomic E-state index is 0.0388. The summed E-state index contributed by atoms with van der Waals surface area (Å²) in [6, 6.07) is 4.49. The molecule has 0 saturated carbocycles. The molecule has 4 nitrogen and oxygen atoms in total. The maximum absolute atomic E-state index is 10.6. The van der Waals surface area contributed by atoms with Crippen molar-refractivity contribution in [1.29, 1.82) is 0 Å². The number of alkyl halides is 1. The van der Waals surface area contributed by atoms with Crippen LogP contribution in [0.4, 0.5) is 5.69 Å². The van der Waals surface area contributed by atoms with Gasteiger partial charge in [0.1, 0.15) is 5.75 Å². The van der Waals surface area contributed by atoms with Gasteiger partial charge in [0.25, 0.3) is 5.69 Å². The number of hydrogen-bond acceptors (Lipinski definition) is 3. The molecule has 0 aromatic heterocycles. The molecule has 0 spiro atoms. The van der Waals surface area contributed by atoms with Gasteiger partial charge in [0, 0.05) is 17.7 Å². The molecule has 0 atom stereocenters. The highest BCUT2D eigenvalue weighted by molar-refractivity contribution is 6.17. The summed E-state index contributed by atoms with van der Waals surface area (Å²) in [6.45, 7) is 4.82. The van der Waals surface area contributed by atoms with E-state index in [1.165, 1.54) is 12.1 Å². The predicted octanol–water partition coefficient (Wildman–Crippen LogP) is 3.76. The number of nitro benzene ring substituents is 1. The minimum Gasteiger partial charge on any atom is -0.493 e. The summed E-state index contributed by atoms with van der Waals surface area (Å²) < 4.78 is 5.57. The molecule has 0 unspecified atom stereocenters. The molecule has 0 aliphatic carbocycles. The Kier molecular flexibility index (Phi) is 5.22. The van der Waals surface area contributed by atoms with E-state index in [1.807, 2.05) is 0 Å². The van der Waals surface area contributed by atoms with Gasteiger partial charge < -0.3 is 4.74 Å². The van der Waals surface area contributed by atoms with E-state index in [-0.39, 0.29) is 11.6 Å². The molecule has 0 heterocycles. The van der Waals surface area contributed by atoms with Crippen molar-refractivity contribution in [2.75, 3.05) is 6.61 Å². The molecule has 0 aliphatic rings. The molecule has 0 bridgehead atoms. The summed E-state index contributed by atoms with van der Waals surface area (Å²) in [6.07, 6.45) is 0.943. The van der Waals surface area contributed by atoms with E-state index in [2.05, 4.69) is 13.8 Å². The molecule has 1 rings (SSSR count). The van der Waals surface area contributed by atoms with E-state index >= 15 is 0 Å². The van der Waals surface area contributed by atoms with Crippen molar-refractivity contribution in [3.63, 3.8) is 0 Å². The van der Waals surface area contributed by atoms with E-state index in [1.54, 1.807) is 6.07 Å². The van der Waals surface area contributed by atoms with E-state index in [0.717, 1.165) is 6.42 Å². The fourth-order valence-corrected chi connectivity index (χ4v) is 1.54. The van der Waals surface area contributed by atoms with Crippen LogP contribution in [0, 0.1) is 16.0 Å². The van der Waals surface area contributed by atoms with Gasteiger partial charge in [-0.1, -0.05) is 13.8 Å². The molecular weight excluding hydrogens is 242 g/mol. The lowest BCUT2D eigenvalue weighted by atomic mass is 10.1. The molecule has 1 aromatic rings. The number of rotatable bonds is 6. The first-order valence-corrected chi connectivity index (χ1v) is 6.04. The molecule has 5 heteroatoms. The molecule has 0 radical (unpaired) electrons. The quantitative estimate of drug-likeness (QED) is 0.443. The zero-order chi connectivity index (χ0) is 12.8. The van der Waals surface area contributed by atoms with Crippen molar-refractivity contribution < 1.29 is 9.66 Å². The molecule has 0 fully saturated rings. The van der Waals surface area contributed by atoms with Crippen LogP contribution >= 0.6 is 11.6 Å². The average Bonchev–Trinajstić information content (AvgIpc) is 2.28. The van der Waals surface area contributed by atoms with Crippen LogP contribution in [0.15, 0.2) is 18.2 Å². The highest BCUT2D eigenvalue weighted by atomic mass is 35.5. The van der Waals surface area contributed by atoms with Gasteiger partial charge in [0.15, 0.2) is 0 Å². The van der Waals surface area contributed by atoms with Crippen molar-refractivity contribution in [2.45, 2.75) is 26.1 Å². The van der Waals surface area contributed by atoms with E-state index in [4.69, 9.17) is 16.3 Å². The Bertz CT molecular complexity index is 393. The zero-order valence-electron chi connectivity index (χ0n) is 9.98. The van der Waals surface area contributed by atoms with Crippen LogP contribution in [0.2, 0.25) is 0 Å². The second-order valence-electron chi connectivity index (χ2n) is 4.21. The molecule has 0 N–H and O–H groups in total. The van der Waals surface area contributed by atoms with Gasteiger partial charge >= 0.3 is 0 Å². The Balaban J connectivity index is 2.75. The Morgan fingerprint density at radius 3 is 2.71 bits per heavy atom. The fourth-order valence-electron chi connectivity index (χ4n) is 1.33. The van der Waals surface area contributed by atoms with Gasteiger partial charge in [0.2, 0.25) is 0 Å². The lowest BCUT2D eigenvalue weighted by molar-refractivity contribution is -0.384. The molecule has 0 saturated heterocycles. The Hall–Kier alpha value is -1.29. The summed E-state index contributed by atoms with van der Waals surface area (Å²) >= 11 is 5.75. The van der Waals surface area contributed by atoms with Crippen LogP contribution in [0.5, 0.6) is 5.75 Å². The average molecular weight is 258 g/mol. The van der Waals surface area contributed by atoms with Crippen LogP contribution in [-0.2, 0) is 5.88 Å². The SMILES string of the molecule is CC(C)CCOc1ccc([N+](=O)[O-])cc1CCl. The maximum Gasteiger partial charge on any atom is 0.270 e. The van der Waals surface area contributed by atoms with Gasteiger partial charge in [0.05, 0.1) is 17.4 Å². The van der Waals surface area contributed by atoms with Crippen molar-refractivity contribution >= 4 is 17.3 Å². The zero-order valence-corrected chi connectivity index (χ0v) is 10.7. The Labute approximate surface area is 106 Å². The summed E-state index contributed by atoms with van der Waals surface area (Å²) in [5.74, 6) is 1.40. The van der Waals surface area contributed by atoms with Gasteiger partial charge in [-0.2, -0.15) is 0 Å². The number of halogens is 1. The molecule has 94 valence electrons. The van der Waals surface area contributed by atoms with Gasteiger partial charge in [-0.15, -0.1) is 11.6 Å². The first kappa shape index (κ1) is 13.8. The molecule has 0 amide bonds. The highest BCUT2D eigenvalue weighted by Crippen LogP contribution is 2.25. The third-order valence-corrected chi connectivity index (χ3v) is 2.64. The third kappa shape index (κ3) is 4.23. The normalized spacial score (nSPS) is 10.6. The third-order valence-electron chi connectivity index (χ3n) is 2.35. The smallest absolute Gasteiger partial charge is 0.270 e. The van der Waals surface area contributed by atoms with Crippen molar-refractivity contribution in [2.24, 2.45) is 5.92 Å². The van der Waals surface area contributed by atoms with Crippen molar-refractivity contribution in [3.8, 4) is 5.75 Å². The largest absolute Gasteiger partial charge is 0.493 e. The van der Waals surface area contributed by atoms with Crippen molar-refractivity contribution in [3.05, 3.63) is 33.9 Å². The summed E-state index contributed by atoms with van der Waals surface area (Å²) in [5.41, 5.74) is 0.696. The maximum atomic E-state index is 10.6. The first-order chi connectivity index (χ1) is 8.04. The molecule has 0 aliphatic heterocycles. The summed E-state index contributed by atoms with van der Waals surface area (Å²) in [5, 5.41) is 10.6. The second kappa shape index (κ2) is 6.45. The number of nitro groups is 1. The van der Waals surface area contributed by atoms with Crippen LogP contribution in [0.1, 0.15) is 25.8 Å².